The van der Waals surface area contributed by atoms with E-state index in [4.69, 9.17) is 5.84 Å². The molecule has 0 heterocycles. The van der Waals surface area contributed by atoms with Gasteiger partial charge >= 0.3 is 0 Å². The Morgan fingerprint density at radius 1 is 1.27 bits per heavy atom. The highest BCUT2D eigenvalue weighted by Gasteiger charge is 1.90. The van der Waals surface area contributed by atoms with Gasteiger partial charge in [0.05, 0.1) is 5.69 Å². The second-order valence-electron chi connectivity index (χ2n) is 2.00. The summed E-state index contributed by atoms with van der Waals surface area (Å²) in [5.41, 5.74) is 1.90. The molecule has 0 saturated heterocycles. The van der Waals surface area contributed by atoms with Crippen LogP contribution in [0.3, 0.4) is 0 Å². The zero-order valence-corrected chi connectivity index (χ0v) is 7.01. The van der Waals surface area contributed by atoms with Gasteiger partial charge in [-0.3, -0.25) is 0 Å². The molecule has 0 spiro atoms. The molecule has 1 aromatic carbocycles. The van der Waals surface area contributed by atoms with Crippen molar-refractivity contribution in [2.75, 3.05) is 0 Å². The van der Waals surface area contributed by atoms with Crippen LogP contribution >= 0.6 is 12.4 Å². The molecule has 4 heteroatoms. The third-order valence-electron chi connectivity index (χ3n) is 1.28. The van der Waals surface area contributed by atoms with Gasteiger partial charge < -0.3 is 5.84 Å². The fourth-order valence-corrected chi connectivity index (χ4v) is 0.738. The maximum Gasteiger partial charge on any atom is 0.0903 e. The highest BCUT2D eigenvalue weighted by Crippen LogP contribution is 2.16. The number of benzene rings is 1. The van der Waals surface area contributed by atoms with Gasteiger partial charge in [0.25, 0.3) is 0 Å². The van der Waals surface area contributed by atoms with Crippen molar-refractivity contribution >= 4 is 18.1 Å². The summed E-state index contributed by atoms with van der Waals surface area (Å²) in [6.07, 6.45) is 0. The summed E-state index contributed by atoms with van der Waals surface area (Å²) in [5.74, 6) is 4.89. The monoisotopic (exact) mass is 171 g/mol. The van der Waals surface area contributed by atoms with E-state index in [1.807, 2.05) is 31.2 Å². The van der Waals surface area contributed by atoms with Crippen molar-refractivity contribution in [2.45, 2.75) is 6.92 Å². The van der Waals surface area contributed by atoms with Gasteiger partial charge in [-0.05, 0) is 18.6 Å². The van der Waals surface area contributed by atoms with Crippen LogP contribution in [-0.2, 0) is 0 Å². The number of aryl methyl sites for hydroxylation is 1. The summed E-state index contributed by atoms with van der Waals surface area (Å²) in [6.45, 7) is 1.96. The van der Waals surface area contributed by atoms with E-state index in [2.05, 4.69) is 10.3 Å². The van der Waals surface area contributed by atoms with Crippen molar-refractivity contribution in [1.82, 2.24) is 0 Å². The van der Waals surface area contributed by atoms with Crippen molar-refractivity contribution in [3.63, 3.8) is 0 Å². The van der Waals surface area contributed by atoms with Gasteiger partial charge in [-0.1, -0.05) is 23.4 Å². The zero-order chi connectivity index (χ0) is 7.40. The van der Waals surface area contributed by atoms with Crippen LogP contribution in [0, 0.1) is 6.92 Å². The Labute approximate surface area is 71.7 Å². The molecule has 0 saturated carbocycles. The van der Waals surface area contributed by atoms with E-state index in [-0.39, 0.29) is 12.4 Å². The highest BCUT2D eigenvalue weighted by molar-refractivity contribution is 5.85. The number of hydrogen-bond donors (Lipinski definition) is 1. The Morgan fingerprint density at radius 2 is 1.91 bits per heavy atom. The smallest absolute Gasteiger partial charge is 0.0903 e. The molecule has 0 radical (unpaired) electrons. The van der Waals surface area contributed by atoms with Gasteiger partial charge in [-0.25, -0.2) is 0 Å². The van der Waals surface area contributed by atoms with E-state index in [9.17, 15) is 0 Å². The topological polar surface area (TPSA) is 50.7 Å². The molecular weight excluding hydrogens is 162 g/mol. The maximum absolute atomic E-state index is 4.89. The molecule has 0 fully saturated rings. The minimum absolute atomic E-state index is 0. The lowest BCUT2D eigenvalue weighted by Gasteiger charge is -1.93. The van der Waals surface area contributed by atoms with Crippen LogP contribution in [0.15, 0.2) is 34.6 Å². The Morgan fingerprint density at radius 3 is 2.45 bits per heavy atom. The molecule has 1 rings (SSSR count). The molecule has 2 N–H and O–H groups in total. The molecule has 0 aliphatic rings. The summed E-state index contributed by atoms with van der Waals surface area (Å²) in [4.78, 5) is 0. The van der Waals surface area contributed by atoms with Crippen LogP contribution in [-0.4, -0.2) is 0 Å². The highest BCUT2D eigenvalue weighted by atomic mass is 35.5. The standard InChI is InChI=1S/C7H9N3.ClH/c1-6-4-2-3-5-7(6)9-10-8;/h2-5H,1H3,(H2,8,9);1H. The Kier molecular flexibility index (Phi) is 4.22. The largest absolute Gasteiger partial charge is 0.305 e. The molecule has 0 bridgehead atoms. The average molecular weight is 172 g/mol. The first-order valence-corrected chi connectivity index (χ1v) is 3.01. The molecule has 11 heavy (non-hydrogen) atoms. The lowest BCUT2D eigenvalue weighted by molar-refractivity contribution is 1.05. The number of nitrogens with two attached hydrogens (primary N) is 1. The van der Waals surface area contributed by atoms with E-state index < -0.39 is 0 Å². The number of hydrogen-bond acceptors (Lipinski definition) is 2. The second-order valence-corrected chi connectivity index (χ2v) is 2.00. The first kappa shape index (κ1) is 9.91. The quantitative estimate of drug-likeness (QED) is 0.394. The van der Waals surface area contributed by atoms with E-state index >= 15 is 0 Å². The van der Waals surface area contributed by atoms with Crippen LogP contribution in [0.4, 0.5) is 5.69 Å². The molecule has 1 aromatic rings. The van der Waals surface area contributed by atoms with Crippen LogP contribution < -0.4 is 5.84 Å². The predicted molar refractivity (Wildman–Crippen MR) is 47.1 cm³/mol. The summed E-state index contributed by atoms with van der Waals surface area (Å²) >= 11 is 0. The fraction of sp³-hybridized carbons (Fsp3) is 0.143. The number of halogens is 1. The molecule has 0 aliphatic heterocycles. The normalized spacial score (nSPS) is 9.55. The van der Waals surface area contributed by atoms with Crippen molar-refractivity contribution in [3.8, 4) is 0 Å². The lowest BCUT2D eigenvalue weighted by atomic mass is 10.2. The molecule has 3 nitrogen and oxygen atoms in total. The molecular formula is C7H10ClN3. The van der Waals surface area contributed by atoms with Gasteiger partial charge in [0.1, 0.15) is 0 Å². The van der Waals surface area contributed by atoms with E-state index in [0.717, 1.165) is 11.3 Å². The lowest BCUT2D eigenvalue weighted by Crippen LogP contribution is -1.76. The van der Waals surface area contributed by atoms with Crippen LogP contribution in [0.2, 0.25) is 0 Å². The summed E-state index contributed by atoms with van der Waals surface area (Å²) in [5, 5.41) is 6.90. The maximum atomic E-state index is 4.89. The van der Waals surface area contributed by atoms with Gasteiger partial charge in [-0.2, -0.15) is 0 Å². The molecule has 0 aliphatic carbocycles. The van der Waals surface area contributed by atoms with Gasteiger partial charge in [0.2, 0.25) is 0 Å². The first-order valence-electron chi connectivity index (χ1n) is 3.01. The van der Waals surface area contributed by atoms with E-state index in [0.29, 0.717) is 0 Å². The average Bonchev–Trinajstić information content (AvgIpc) is 1.94. The molecule has 0 atom stereocenters. The Bertz CT molecular complexity index is 247. The molecule has 0 unspecified atom stereocenters. The number of nitrogens with zero attached hydrogens (tertiary/aromatic N) is 2. The van der Waals surface area contributed by atoms with Crippen LogP contribution in [0.5, 0.6) is 0 Å². The third-order valence-corrected chi connectivity index (χ3v) is 1.28. The van der Waals surface area contributed by atoms with E-state index in [1.54, 1.807) is 0 Å². The second kappa shape index (κ2) is 4.68. The predicted octanol–water partition coefficient (Wildman–Crippen LogP) is 2.37. The molecule has 0 aromatic heterocycles. The van der Waals surface area contributed by atoms with E-state index in [1.165, 1.54) is 0 Å². The van der Waals surface area contributed by atoms with Gasteiger partial charge in [0.15, 0.2) is 0 Å². The summed E-state index contributed by atoms with van der Waals surface area (Å²) in [7, 11) is 0. The SMILES string of the molecule is Cc1ccccc1N=NN.Cl. The molecule has 0 amide bonds. The number of rotatable bonds is 1. The summed E-state index contributed by atoms with van der Waals surface area (Å²) in [6, 6.07) is 7.68. The fourth-order valence-electron chi connectivity index (χ4n) is 0.738. The van der Waals surface area contributed by atoms with Crippen LogP contribution in [0.25, 0.3) is 0 Å². The van der Waals surface area contributed by atoms with Crippen molar-refractivity contribution < 1.29 is 0 Å². The first-order chi connectivity index (χ1) is 4.84. The van der Waals surface area contributed by atoms with Crippen molar-refractivity contribution in [3.05, 3.63) is 29.8 Å². The minimum atomic E-state index is 0. The minimum Gasteiger partial charge on any atom is -0.305 e. The Hall–Kier alpha value is -1.09. The van der Waals surface area contributed by atoms with Gasteiger partial charge in [0, 0.05) is 0 Å². The Balaban J connectivity index is 0.000001000. The molecule has 60 valence electrons. The van der Waals surface area contributed by atoms with Crippen molar-refractivity contribution in [2.24, 2.45) is 16.2 Å². The van der Waals surface area contributed by atoms with Crippen molar-refractivity contribution in [1.29, 1.82) is 0 Å². The zero-order valence-electron chi connectivity index (χ0n) is 6.19. The van der Waals surface area contributed by atoms with Gasteiger partial charge in [-0.15, -0.1) is 17.5 Å². The van der Waals surface area contributed by atoms with Crippen LogP contribution in [0.1, 0.15) is 5.56 Å². The summed E-state index contributed by atoms with van der Waals surface area (Å²) < 4.78 is 0. The third kappa shape index (κ3) is 2.55.